The van der Waals surface area contributed by atoms with Crippen LogP contribution in [0.2, 0.25) is 0 Å². The van der Waals surface area contributed by atoms with Crippen molar-refractivity contribution in [2.24, 2.45) is 0 Å². The molecule has 2 aromatic heterocycles. The second-order valence-electron chi connectivity index (χ2n) is 22.5. The molecule has 0 aliphatic heterocycles. The van der Waals surface area contributed by atoms with Gasteiger partial charge in [-0.3, -0.25) is 9.55 Å². The first-order valence-corrected chi connectivity index (χ1v) is 24.3. The molecule has 1 aliphatic carbocycles. The SMILES string of the molecule is [2H]C([2H])([2H])c1ccc(-c2ccnc(-c3[c-]c(-c4cccc5c4nc(-c4cc6c(cc4O)C(C)(C)CCC6(C)C)n5-c4ccc(C(C)(C)C)cc4-c4ccccc4)cc(C(C)(C)C)c3)c2)c(-c2ccccc2)c1.[Pt]. The zero-order chi connectivity index (χ0) is 51.1. The summed E-state index contributed by atoms with van der Waals surface area (Å²) in [5, 5.41) is 12.4. The number of hydrogen-bond donors (Lipinski definition) is 1. The monoisotopic (exact) mass is 1100 g/mol. The van der Waals surface area contributed by atoms with Crippen LogP contribution < -0.4 is 0 Å². The van der Waals surface area contributed by atoms with Gasteiger partial charge in [0.25, 0.3) is 0 Å². The fourth-order valence-electron chi connectivity index (χ4n) is 10.3. The molecule has 2 heterocycles. The molecule has 0 unspecified atom stereocenters. The molecule has 70 heavy (non-hydrogen) atoms. The molecular weight excluding hydrogens is 1030 g/mol. The number of fused-ring (bicyclic) bond motifs is 2. The van der Waals surface area contributed by atoms with Crippen LogP contribution in [0.5, 0.6) is 5.75 Å². The normalized spacial score (nSPS) is 15.1. The Labute approximate surface area is 434 Å². The zero-order valence-electron chi connectivity index (χ0n) is 45.0. The maximum absolute atomic E-state index is 12.4. The smallest absolute Gasteiger partial charge is 0.148 e. The number of pyridine rings is 1. The molecule has 9 aromatic rings. The number of para-hydroxylation sites is 1. The summed E-state index contributed by atoms with van der Waals surface area (Å²) in [6.07, 6.45) is 3.90. The predicted octanol–water partition coefficient (Wildman–Crippen LogP) is 17.2. The van der Waals surface area contributed by atoms with Crippen molar-refractivity contribution >= 4 is 11.0 Å². The molecule has 1 aliphatic rings. The minimum Gasteiger partial charge on any atom is -0.507 e. The summed E-state index contributed by atoms with van der Waals surface area (Å²) in [4.78, 5) is 10.6. The summed E-state index contributed by atoms with van der Waals surface area (Å²) in [5.74, 6) is 0.876. The van der Waals surface area contributed by atoms with Gasteiger partial charge in [-0.2, -0.15) is 0 Å². The Morgan fingerprint density at radius 2 is 1.21 bits per heavy atom. The van der Waals surface area contributed by atoms with Crippen LogP contribution >= 0.6 is 0 Å². The Morgan fingerprint density at radius 1 is 0.571 bits per heavy atom. The average molecular weight is 1100 g/mol. The molecular formula is C65H64N3OPt-. The molecule has 1 N–H and O–H groups in total. The van der Waals surface area contributed by atoms with E-state index in [0.29, 0.717) is 17.0 Å². The number of phenols is 1. The Hall–Kier alpha value is -6.35. The molecule has 5 heteroatoms. The van der Waals surface area contributed by atoms with Crippen molar-refractivity contribution in [2.45, 2.75) is 111 Å². The first kappa shape index (κ1) is 44.8. The molecule has 0 fully saturated rings. The van der Waals surface area contributed by atoms with E-state index in [0.717, 1.165) is 90.9 Å². The van der Waals surface area contributed by atoms with Gasteiger partial charge in [0.05, 0.1) is 22.3 Å². The van der Waals surface area contributed by atoms with E-state index in [4.69, 9.17) is 14.1 Å². The number of imidazole rings is 1. The number of aromatic hydroxyl groups is 1. The molecule has 356 valence electrons. The van der Waals surface area contributed by atoms with Crippen LogP contribution in [0.3, 0.4) is 0 Å². The number of phenolic OH excluding ortho intramolecular Hbond substituents is 1. The summed E-state index contributed by atoms with van der Waals surface area (Å²) in [5.41, 5.74) is 17.0. The maximum Gasteiger partial charge on any atom is 0.148 e. The summed E-state index contributed by atoms with van der Waals surface area (Å²) in [6.45, 7) is 20.4. The van der Waals surface area contributed by atoms with Gasteiger partial charge in [0.1, 0.15) is 11.6 Å². The standard InChI is InChI=1S/C65H64N3O.Pt/c1-41-25-27-49(51(33-41)42-19-14-12-15-20-42)44-29-32-66-56(37-44)46-34-45(35-48(36-46)63(5,6)7)50-23-18-24-58-60(50)67-61(53-39-54-55(40-59(53)69)65(10,11)31-30-64(54,8)9)68(58)57-28-26-47(62(2,3)4)38-52(57)43-21-16-13-17-22-43;/h12-29,32-33,35-40,69H,30-31H2,1-11H3;/q-1;/i1D3;. The van der Waals surface area contributed by atoms with E-state index in [9.17, 15) is 5.11 Å². The fraction of sp³-hybridized carbons (Fsp3) is 0.262. The van der Waals surface area contributed by atoms with E-state index < -0.39 is 6.85 Å². The third-order valence-electron chi connectivity index (χ3n) is 14.6. The average Bonchev–Trinajstić information content (AvgIpc) is 3.74. The van der Waals surface area contributed by atoms with Crippen LogP contribution in [0, 0.1) is 12.9 Å². The van der Waals surface area contributed by atoms with Crippen molar-refractivity contribution < 1.29 is 30.3 Å². The summed E-state index contributed by atoms with van der Waals surface area (Å²) in [6, 6.07) is 55.7. The van der Waals surface area contributed by atoms with Crippen LogP contribution in [0.25, 0.3) is 83.9 Å². The van der Waals surface area contributed by atoms with E-state index in [2.05, 4.69) is 171 Å². The number of aryl methyl sites for hydroxylation is 1. The Kier molecular flexibility index (Phi) is 11.6. The number of aromatic nitrogens is 3. The van der Waals surface area contributed by atoms with E-state index in [1.54, 1.807) is 12.1 Å². The van der Waals surface area contributed by atoms with Crippen molar-refractivity contribution in [3.05, 3.63) is 192 Å². The fourth-order valence-corrected chi connectivity index (χ4v) is 10.3. The summed E-state index contributed by atoms with van der Waals surface area (Å²) < 4.78 is 26.9. The van der Waals surface area contributed by atoms with Gasteiger partial charge in [-0.15, -0.1) is 29.3 Å². The largest absolute Gasteiger partial charge is 0.507 e. The summed E-state index contributed by atoms with van der Waals surface area (Å²) >= 11 is 0. The third kappa shape index (κ3) is 9.01. The number of hydrogen-bond acceptors (Lipinski definition) is 3. The molecule has 0 saturated heterocycles. The molecule has 7 aromatic carbocycles. The van der Waals surface area contributed by atoms with Crippen LogP contribution in [-0.4, -0.2) is 19.6 Å². The summed E-state index contributed by atoms with van der Waals surface area (Å²) in [7, 11) is 0. The second kappa shape index (κ2) is 18.1. The zero-order valence-corrected chi connectivity index (χ0v) is 44.3. The van der Waals surface area contributed by atoms with E-state index >= 15 is 0 Å². The number of benzene rings is 7. The molecule has 0 amide bonds. The van der Waals surface area contributed by atoms with Crippen LogP contribution in [0.1, 0.15) is 114 Å². The van der Waals surface area contributed by atoms with Gasteiger partial charge < -0.3 is 5.11 Å². The molecule has 0 saturated carbocycles. The van der Waals surface area contributed by atoms with Gasteiger partial charge in [-0.1, -0.05) is 189 Å². The van der Waals surface area contributed by atoms with Crippen LogP contribution in [-0.2, 0) is 42.7 Å². The van der Waals surface area contributed by atoms with Gasteiger partial charge in [0, 0.05) is 42.6 Å². The molecule has 0 spiro atoms. The second-order valence-corrected chi connectivity index (χ2v) is 22.5. The topological polar surface area (TPSA) is 50.9 Å². The van der Waals surface area contributed by atoms with Gasteiger partial charge in [0.2, 0.25) is 0 Å². The van der Waals surface area contributed by atoms with Crippen molar-refractivity contribution in [1.29, 1.82) is 0 Å². The van der Waals surface area contributed by atoms with E-state index in [1.165, 1.54) is 16.7 Å². The van der Waals surface area contributed by atoms with Gasteiger partial charge >= 0.3 is 0 Å². The van der Waals surface area contributed by atoms with Gasteiger partial charge in [0.15, 0.2) is 0 Å². The number of nitrogens with zero attached hydrogens (tertiary/aromatic N) is 3. The first-order chi connectivity index (χ1) is 34.0. The Morgan fingerprint density at radius 3 is 1.87 bits per heavy atom. The third-order valence-corrected chi connectivity index (χ3v) is 14.6. The molecule has 0 radical (unpaired) electrons. The quantitative estimate of drug-likeness (QED) is 0.162. The van der Waals surface area contributed by atoms with Crippen molar-refractivity contribution in [2.75, 3.05) is 0 Å². The molecule has 0 atom stereocenters. The Balaban J connectivity index is 0.00000656. The number of rotatable bonds is 7. The van der Waals surface area contributed by atoms with E-state index in [1.807, 2.05) is 54.7 Å². The molecule has 0 bridgehead atoms. The molecule has 4 nitrogen and oxygen atoms in total. The minimum atomic E-state index is -2.25. The van der Waals surface area contributed by atoms with Crippen molar-refractivity contribution in [3.8, 4) is 78.6 Å². The van der Waals surface area contributed by atoms with Crippen LogP contribution in [0.15, 0.2) is 158 Å². The predicted molar refractivity (Wildman–Crippen MR) is 289 cm³/mol. The van der Waals surface area contributed by atoms with Gasteiger partial charge in [-0.05, 0) is 122 Å². The first-order valence-electron chi connectivity index (χ1n) is 25.8. The maximum atomic E-state index is 12.4. The van der Waals surface area contributed by atoms with Crippen LogP contribution in [0.4, 0.5) is 0 Å². The van der Waals surface area contributed by atoms with E-state index in [-0.39, 0.29) is 48.5 Å². The minimum absolute atomic E-state index is 0. The van der Waals surface area contributed by atoms with Crippen molar-refractivity contribution in [1.82, 2.24) is 14.5 Å². The van der Waals surface area contributed by atoms with Gasteiger partial charge in [-0.25, -0.2) is 4.98 Å². The van der Waals surface area contributed by atoms with Crippen molar-refractivity contribution in [3.63, 3.8) is 0 Å². The molecule has 10 rings (SSSR count). The Bertz CT molecular complexity index is 3540.